The number of hydrogen-bond donors (Lipinski definition) is 2. The Labute approximate surface area is 152 Å². The molecule has 0 spiro atoms. The van der Waals surface area contributed by atoms with Crippen LogP contribution in [0.5, 0.6) is 5.75 Å². The minimum atomic E-state index is -4.42. The molecule has 1 aliphatic heterocycles. The molecule has 0 aromatic heterocycles. The lowest BCUT2D eigenvalue weighted by Gasteiger charge is -2.12. The Morgan fingerprint density at radius 2 is 2.00 bits per heavy atom. The molecule has 1 aromatic rings. The van der Waals surface area contributed by atoms with E-state index < -0.39 is 24.7 Å². The summed E-state index contributed by atoms with van der Waals surface area (Å²) in [5.74, 6) is -1.61. The normalized spacial score (nSPS) is 15.0. The topological polar surface area (TPSA) is 103 Å². The van der Waals surface area contributed by atoms with Crippen LogP contribution in [0.15, 0.2) is 40.7 Å². The molecule has 0 radical (unpaired) electrons. The second-order valence-corrected chi connectivity index (χ2v) is 5.70. The first-order valence-electron chi connectivity index (χ1n) is 8.06. The van der Waals surface area contributed by atoms with Crippen LogP contribution < -0.4 is 20.5 Å². The summed E-state index contributed by atoms with van der Waals surface area (Å²) < 4.78 is 41.1. The fourth-order valence-electron chi connectivity index (χ4n) is 2.24. The molecule has 0 fully saturated rings. The third-order valence-electron chi connectivity index (χ3n) is 3.41. The van der Waals surface area contributed by atoms with Gasteiger partial charge in [-0.1, -0.05) is 6.92 Å². The monoisotopic (exact) mass is 384 g/mol. The Morgan fingerprint density at radius 1 is 1.33 bits per heavy atom. The molecule has 0 aliphatic carbocycles. The van der Waals surface area contributed by atoms with Crippen molar-refractivity contribution in [3.05, 3.63) is 35.7 Å². The number of nitrogens with zero attached hydrogens (tertiary/aromatic N) is 1. The number of nitrogens with one attached hydrogen (secondary N) is 2. The highest BCUT2D eigenvalue weighted by molar-refractivity contribution is 6.01. The molecule has 1 aliphatic rings. The first kappa shape index (κ1) is 20.3. The number of aliphatic imine (C=N–C) groups is 1. The number of carbonyl (C=O) groups is 2. The fraction of sp³-hybridized carbons (Fsp3) is 0.353. The minimum Gasteiger partial charge on any atom is -0.545 e. The average Bonchev–Trinajstić information content (AvgIpc) is 2.94. The number of benzene rings is 1. The van der Waals surface area contributed by atoms with Gasteiger partial charge < -0.3 is 25.3 Å². The van der Waals surface area contributed by atoms with Crippen molar-refractivity contribution in [1.29, 1.82) is 0 Å². The highest BCUT2D eigenvalue weighted by atomic mass is 19.4. The molecular formula is C17H17F3N3O4-. The molecule has 0 atom stereocenters. The van der Waals surface area contributed by atoms with Gasteiger partial charge >= 0.3 is 6.18 Å². The van der Waals surface area contributed by atoms with Gasteiger partial charge in [-0.3, -0.25) is 4.79 Å². The van der Waals surface area contributed by atoms with Crippen molar-refractivity contribution >= 4 is 23.4 Å². The number of alkyl halides is 3. The van der Waals surface area contributed by atoms with E-state index in [1.165, 1.54) is 24.3 Å². The van der Waals surface area contributed by atoms with Crippen LogP contribution in [0.1, 0.15) is 26.2 Å². The molecule has 0 saturated heterocycles. The summed E-state index contributed by atoms with van der Waals surface area (Å²) >= 11 is 0. The number of amidine groups is 1. The number of amides is 1. The van der Waals surface area contributed by atoms with Crippen LogP contribution >= 0.6 is 0 Å². The first-order valence-corrected chi connectivity index (χ1v) is 8.06. The summed E-state index contributed by atoms with van der Waals surface area (Å²) in [6.45, 7) is 0.495. The number of carboxylic acid groups (broad SMARTS) is 1. The van der Waals surface area contributed by atoms with Crippen LogP contribution in [0.3, 0.4) is 0 Å². The summed E-state index contributed by atoms with van der Waals surface area (Å²) in [5.41, 5.74) is 0.285. The number of hydrogen-bond acceptors (Lipinski definition) is 5. The summed E-state index contributed by atoms with van der Waals surface area (Å²) in [7, 11) is 0. The summed E-state index contributed by atoms with van der Waals surface area (Å²) in [4.78, 5) is 26.6. The smallest absolute Gasteiger partial charge is 0.422 e. The first-order chi connectivity index (χ1) is 12.7. The van der Waals surface area contributed by atoms with Gasteiger partial charge in [0, 0.05) is 17.7 Å². The maximum absolute atomic E-state index is 12.2. The molecule has 0 bridgehead atoms. The van der Waals surface area contributed by atoms with E-state index in [0.29, 0.717) is 24.4 Å². The molecule has 10 heteroatoms. The summed E-state index contributed by atoms with van der Waals surface area (Å²) in [6.07, 6.45) is -3.60. The number of halogens is 3. The van der Waals surface area contributed by atoms with E-state index in [1.54, 1.807) is 0 Å². The van der Waals surface area contributed by atoms with Gasteiger partial charge in [-0.05, 0) is 30.7 Å². The molecule has 146 valence electrons. The van der Waals surface area contributed by atoms with Gasteiger partial charge in [0.15, 0.2) is 6.61 Å². The Morgan fingerprint density at radius 3 is 2.56 bits per heavy atom. The standard InChI is InChI=1S/C17H18F3N3O4/c1-2-3-13(22-15-12(16(25)26)8-14(24)23-15)21-10-4-6-11(7-5-10)27-9-17(18,19)20/h4-7H,2-3,8-9H2,1H3,(H,21,22)(H,23,24)(H,25,26)/p-1. The minimum absolute atomic E-state index is 0.0526. The second-order valence-electron chi connectivity index (χ2n) is 5.70. The Balaban J connectivity index is 2.13. The van der Waals surface area contributed by atoms with E-state index >= 15 is 0 Å². The molecular weight excluding hydrogens is 367 g/mol. The molecule has 2 rings (SSSR count). The fourth-order valence-corrected chi connectivity index (χ4v) is 2.24. The van der Waals surface area contributed by atoms with Crippen LogP contribution in [0.25, 0.3) is 0 Å². The molecule has 7 nitrogen and oxygen atoms in total. The van der Waals surface area contributed by atoms with Crippen LogP contribution in [0.4, 0.5) is 18.9 Å². The van der Waals surface area contributed by atoms with Gasteiger partial charge in [-0.2, -0.15) is 13.2 Å². The predicted molar refractivity (Wildman–Crippen MR) is 88.8 cm³/mol. The van der Waals surface area contributed by atoms with Gasteiger partial charge in [-0.25, -0.2) is 4.99 Å². The third kappa shape index (κ3) is 6.32. The molecule has 2 N–H and O–H groups in total. The molecule has 0 unspecified atom stereocenters. The number of aliphatic carboxylic acids is 1. The van der Waals surface area contributed by atoms with Gasteiger partial charge in [-0.15, -0.1) is 0 Å². The predicted octanol–water partition coefficient (Wildman–Crippen LogP) is 1.72. The molecule has 1 aromatic carbocycles. The zero-order chi connectivity index (χ0) is 20.0. The van der Waals surface area contributed by atoms with Gasteiger partial charge in [0.2, 0.25) is 5.91 Å². The summed E-state index contributed by atoms with van der Waals surface area (Å²) in [6, 6.07) is 5.72. The van der Waals surface area contributed by atoms with E-state index in [2.05, 4.69) is 20.4 Å². The van der Waals surface area contributed by atoms with Gasteiger partial charge in [0.1, 0.15) is 17.4 Å². The number of anilines is 1. The number of rotatable bonds is 7. The zero-order valence-corrected chi connectivity index (χ0v) is 14.4. The van der Waals surface area contributed by atoms with Crippen molar-refractivity contribution in [3.63, 3.8) is 0 Å². The molecule has 1 heterocycles. The van der Waals surface area contributed by atoms with Crippen molar-refractivity contribution in [1.82, 2.24) is 5.32 Å². The van der Waals surface area contributed by atoms with E-state index in [9.17, 15) is 27.9 Å². The summed E-state index contributed by atoms with van der Waals surface area (Å²) in [5, 5.41) is 16.4. The largest absolute Gasteiger partial charge is 0.545 e. The van der Waals surface area contributed by atoms with E-state index in [-0.39, 0.29) is 23.6 Å². The quantitative estimate of drug-likeness (QED) is 0.550. The lowest BCUT2D eigenvalue weighted by Crippen LogP contribution is -2.25. The highest BCUT2D eigenvalue weighted by Gasteiger charge is 2.28. The maximum Gasteiger partial charge on any atom is 0.422 e. The number of ether oxygens (including phenoxy) is 1. The van der Waals surface area contributed by atoms with Crippen molar-refractivity contribution in [2.45, 2.75) is 32.4 Å². The molecule has 0 saturated carbocycles. The SMILES string of the molecule is CCCC(=NC1=C(C(=O)[O-])CC(=O)N1)Nc1ccc(OCC(F)(F)F)cc1. The van der Waals surface area contributed by atoms with Crippen molar-refractivity contribution in [3.8, 4) is 5.75 Å². The lowest BCUT2D eigenvalue weighted by atomic mass is 10.2. The number of carbonyl (C=O) groups excluding carboxylic acids is 2. The van der Waals surface area contributed by atoms with Crippen LogP contribution in [-0.2, 0) is 9.59 Å². The van der Waals surface area contributed by atoms with Crippen molar-refractivity contribution in [2.24, 2.45) is 4.99 Å². The van der Waals surface area contributed by atoms with E-state index in [1.807, 2.05) is 6.92 Å². The van der Waals surface area contributed by atoms with Crippen molar-refractivity contribution in [2.75, 3.05) is 11.9 Å². The van der Waals surface area contributed by atoms with Crippen LogP contribution in [-0.4, -0.2) is 30.5 Å². The number of carboxylic acids is 1. The van der Waals surface area contributed by atoms with Gasteiger partial charge in [0.25, 0.3) is 0 Å². The molecule has 27 heavy (non-hydrogen) atoms. The van der Waals surface area contributed by atoms with Crippen LogP contribution in [0, 0.1) is 0 Å². The van der Waals surface area contributed by atoms with Gasteiger partial charge in [0.05, 0.1) is 12.4 Å². The highest BCUT2D eigenvalue weighted by Crippen LogP contribution is 2.21. The third-order valence-corrected chi connectivity index (χ3v) is 3.41. The van der Waals surface area contributed by atoms with E-state index in [4.69, 9.17) is 0 Å². The van der Waals surface area contributed by atoms with Crippen molar-refractivity contribution < 1.29 is 32.6 Å². The van der Waals surface area contributed by atoms with Crippen LogP contribution in [0.2, 0.25) is 0 Å². The maximum atomic E-state index is 12.2. The second kappa shape index (κ2) is 8.56. The molecule has 1 amide bonds. The lowest BCUT2D eigenvalue weighted by molar-refractivity contribution is -0.299. The average molecular weight is 384 g/mol. The Kier molecular flexibility index (Phi) is 6.43. The van der Waals surface area contributed by atoms with E-state index in [0.717, 1.165) is 0 Å². The zero-order valence-electron chi connectivity index (χ0n) is 14.4. The Bertz CT molecular complexity index is 771. The Hall–Kier alpha value is -3.04.